The third-order valence-corrected chi connectivity index (χ3v) is 5.86. The lowest BCUT2D eigenvalue weighted by Gasteiger charge is -2.12. The highest BCUT2D eigenvalue weighted by Crippen LogP contribution is 2.32. The first kappa shape index (κ1) is 17.9. The standard InChI is InChI=1S/C18H19FN2O2S2/c1-10-6-11(4-5-14(10)19)7-12-8-20-17(25-12)15(22)13-9-21(2)18(24)16(13)23-3/h4-6,8,17,20H,7,9H2,1-3H3. The summed E-state index contributed by atoms with van der Waals surface area (Å²) in [6, 6.07) is 5.09. The lowest BCUT2D eigenvalue weighted by atomic mass is 10.1. The van der Waals surface area contributed by atoms with Gasteiger partial charge in [-0.25, -0.2) is 4.39 Å². The van der Waals surface area contributed by atoms with Gasteiger partial charge in [-0.15, -0.1) is 0 Å². The number of allylic oxidation sites excluding steroid dienone is 1. The molecule has 0 saturated heterocycles. The fourth-order valence-electron chi connectivity index (χ4n) is 2.87. The van der Waals surface area contributed by atoms with E-state index in [9.17, 15) is 9.18 Å². The van der Waals surface area contributed by atoms with Gasteiger partial charge < -0.3 is 15.0 Å². The van der Waals surface area contributed by atoms with E-state index in [-0.39, 0.29) is 17.0 Å². The van der Waals surface area contributed by atoms with Gasteiger partial charge in [0.25, 0.3) is 0 Å². The third-order valence-electron chi connectivity index (χ3n) is 4.22. The number of thiocarbonyl (C=S) groups is 1. The molecular formula is C18H19FN2O2S2. The molecule has 0 bridgehead atoms. The number of Topliss-reactive ketones (excluding diaryl/α,β-unsaturated/α-hetero) is 1. The molecule has 1 unspecified atom stereocenters. The Labute approximate surface area is 156 Å². The van der Waals surface area contributed by atoms with E-state index in [1.165, 1.54) is 24.9 Å². The number of nitrogens with one attached hydrogen (secondary N) is 1. The molecule has 2 aliphatic rings. The number of nitrogens with zero attached hydrogens (tertiary/aromatic N) is 1. The number of rotatable bonds is 5. The van der Waals surface area contributed by atoms with Crippen molar-refractivity contribution in [3.05, 3.63) is 57.6 Å². The first-order valence-electron chi connectivity index (χ1n) is 7.84. The minimum Gasteiger partial charge on any atom is -0.493 e. The molecule has 0 fully saturated rings. The smallest absolute Gasteiger partial charge is 0.197 e. The van der Waals surface area contributed by atoms with Crippen LogP contribution in [-0.2, 0) is 16.0 Å². The summed E-state index contributed by atoms with van der Waals surface area (Å²) >= 11 is 6.77. The molecule has 1 N–H and O–H groups in total. The predicted molar refractivity (Wildman–Crippen MR) is 102 cm³/mol. The lowest BCUT2D eigenvalue weighted by molar-refractivity contribution is -0.115. The Hall–Kier alpha value is -1.86. The molecular weight excluding hydrogens is 359 g/mol. The molecule has 2 heterocycles. The Bertz CT molecular complexity index is 804. The summed E-state index contributed by atoms with van der Waals surface area (Å²) < 4.78 is 18.7. The molecule has 132 valence electrons. The minimum absolute atomic E-state index is 0.0184. The van der Waals surface area contributed by atoms with E-state index in [0.717, 1.165) is 10.5 Å². The molecule has 0 aliphatic carbocycles. The molecule has 3 rings (SSSR count). The molecule has 2 aliphatic heterocycles. The van der Waals surface area contributed by atoms with Gasteiger partial charge in [0.1, 0.15) is 16.2 Å². The minimum atomic E-state index is -0.383. The second-order valence-corrected chi connectivity index (χ2v) is 7.69. The van der Waals surface area contributed by atoms with Crippen LogP contribution in [0.15, 0.2) is 40.6 Å². The van der Waals surface area contributed by atoms with Crippen LogP contribution >= 0.6 is 24.0 Å². The van der Waals surface area contributed by atoms with Crippen molar-refractivity contribution in [3.8, 4) is 0 Å². The maximum absolute atomic E-state index is 13.4. The van der Waals surface area contributed by atoms with Crippen LogP contribution in [0.3, 0.4) is 0 Å². The van der Waals surface area contributed by atoms with E-state index >= 15 is 0 Å². The van der Waals surface area contributed by atoms with Crippen molar-refractivity contribution in [1.82, 2.24) is 10.2 Å². The molecule has 0 amide bonds. The van der Waals surface area contributed by atoms with E-state index in [2.05, 4.69) is 5.32 Å². The molecule has 25 heavy (non-hydrogen) atoms. The number of ketones is 1. The van der Waals surface area contributed by atoms with Crippen LogP contribution in [0.2, 0.25) is 0 Å². The quantitative estimate of drug-likeness (QED) is 0.795. The zero-order chi connectivity index (χ0) is 18.1. The van der Waals surface area contributed by atoms with Gasteiger partial charge in [0.2, 0.25) is 0 Å². The summed E-state index contributed by atoms with van der Waals surface area (Å²) in [5, 5.41) is 2.75. The Morgan fingerprint density at radius 2 is 2.28 bits per heavy atom. The average Bonchev–Trinajstić information content (AvgIpc) is 3.16. The third kappa shape index (κ3) is 3.57. The van der Waals surface area contributed by atoms with E-state index in [0.29, 0.717) is 34.8 Å². The van der Waals surface area contributed by atoms with Gasteiger partial charge in [-0.3, -0.25) is 4.79 Å². The van der Waals surface area contributed by atoms with Crippen molar-refractivity contribution in [2.45, 2.75) is 18.7 Å². The van der Waals surface area contributed by atoms with Gasteiger partial charge in [0, 0.05) is 24.6 Å². The van der Waals surface area contributed by atoms with Gasteiger partial charge in [-0.2, -0.15) is 0 Å². The van der Waals surface area contributed by atoms with Crippen molar-refractivity contribution in [2.24, 2.45) is 0 Å². The van der Waals surface area contributed by atoms with Crippen molar-refractivity contribution in [3.63, 3.8) is 0 Å². The number of hydrogen-bond donors (Lipinski definition) is 1. The molecule has 4 nitrogen and oxygen atoms in total. The topological polar surface area (TPSA) is 41.6 Å². The van der Waals surface area contributed by atoms with Gasteiger partial charge in [-0.05, 0) is 24.1 Å². The molecule has 1 atom stereocenters. The zero-order valence-corrected chi connectivity index (χ0v) is 15.9. The molecule has 0 radical (unpaired) electrons. The van der Waals surface area contributed by atoms with Gasteiger partial charge in [-0.1, -0.05) is 36.1 Å². The fourth-order valence-corrected chi connectivity index (χ4v) is 4.21. The number of aryl methyl sites for hydroxylation is 1. The molecule has 0 spiro atoms. The maximum Gasteiger partial charge on any atom is 0.197 e. The van der Waals surface area contributed by atoms with Gasteiger partial charge in [0.15, 0.2) is 11.5 Å². The number of likely N-dealkylation sites (N-methyl/N-ethyl adjacent to an activating group) is 1. The first-order valence-corrected chi connectivity index (χ1v) is 9.13. The van der Waals surface area contributed by atoms with Crippen molar-refractivity contribution < 1.29 is 13.9 Å². The van der Waals surface area contributed by atoms with Crippen molar-refractivity contribution >= 4 is 34.8 Å². The molecule has 7 heteroatoms. The SMILES string of the molecule is COC1=C(C(=O)C2NC=C(Cc3ccc(F)c(C)c3)S2)CN(C)C1=S. The summed E-state index contributed by atoms with van der Waals surface area (Å²) in [6.45, 7) is 2.21. The van der Waals surface area contributed by atoms with Crippen LogP contribution in [0.1, 0.15) is 11.1 Å². The Morgan fingerprint density at radius 3 is 2.96 bits per heavy atom. The van der Waals surface area contributed by atoms with E-state index in [4.69, 9.17) is 17.0 Å². The Kier molecular flexibility index (Phi) is 5.15. The second-order valence-electron chi connectivity index (χ2n) is 6.07. The molecule has 0 saturated carbocycles. The highest BCUT2D eigenvalue weighted by molar-refractivity contribution is 8.04. The number of halogens is 1. The number of thioether (sulfide) groups is 1. The van der Waals surface area contributed by atoms with Crippen molar-refractivity contribution in [1.29, 1.82) is 0 Å². The van der Waals surface area contributed by atoms with Gasteiger partial charge in [0.05, 0.1) is 19.2 Å². The Morgan fingerprint density at radius 1 is 1.52 bits per heavy atom. The van der Waals surface area contributed by atoms with Crippen LogP contribution < -0.4 is 5.32 Å². The van der Waals surface area contributed by atoms with E-state index in [1.807, 2.05) is 24.2 Å². The number of benzene rings is 1. The second kappa shape index (κ2) is 7.17. The highest BCUT2D eigenvalue weighted by Gasteiger charge is 2.35. The van der Waals surface area contributed by atoms with Crippen LogP contribution in [0, 0.1) is 12.7 Å². The largest absolute Gasteiger partial charge is 0.493 e. The predicted octanol–water partition coefficient (Wildman–Crippen LogP) is 2.92. The van der Waals surface area contributed by atoms with Gasteiger partial charge >= 0.3 is 0 Å². The van der Waals surface area contributed by atoms with E-state index in [1.54, 1.807) is 13.0 Å². The summed E-state index contributed by atoms with van der Waals surface area (Å²) in [6.07, 6.45) is 2.52. The Balaban J connectivity index is 1.67. The highest BCUT2D eigenvalue weighted by atomic mass is 32.2. The summed E-state index contributed by atoms with van der Waals surface area (Å²) in [5.74, 6) is 0.269. The number of ether oxygens (including phenoxy) is 1. The van der Waals surface area contributed by atoms with Crippen molar-refractivity contribution in [2.75, 3.05) is 20.7 Å². The maximum atomic E-state index is 13.4. The summed E-state index contributed by atoms with van der Waals surface area (Å²) in [7, 11) is 3.38. The zero-order valence-electron chi connectivity index (χ0n) is 14.3. The number of hydrogen-bond acceptors (Lipinski definition) is 5. The molecule has 1 aromatic rings. The number of methoxy groups -OCH3 is 1. The molecule has 0 aromatic heterocycles. The van der Waals surface area contributed by atoms with Crippen LogP contribution in [0.5, 0.6) is 0 Å². The molecule has 1 aromatic carbocycles. The van der Waals surface area contributed by atoms with Crippen LogP contribution in [0.4, 0.5) is 4.39 Å². The first-order chi connectivity index (χ1) is 11.9. The summed E-state index contributed by atoms with van der Waals surface area (Å²) in [4.78, 5) is 16.2. The summed E-state index contributed by atoms with van der Waals surface area (Å²) in [5.41, 5.74) is 2.25. The number of carbonyl (C=O) groups excluding carboxylic acids is 1. The number of carbonyl (C=O) groups is 1. The van der Waals surface area contributed by atoms with Crippen LogP contribution in [0.25, 0.3) is 0 Å². The monoisotopic (exact) mass is 378 g/mol. The average molecular weight is 378 g/mol. The normalized spacial score (nSPS) is 20.0. The van der Waals surface area contributed by atoms with E-state index < -0.39 is 0 Å². The fraction of sp³-hybridized carbons (Fsp3) is 0.333. The lowest BCUT2D eigenvalue weighted by Crippen LogP contribution is -2.30. The van der Waals surface area contributed by atoms with Crippen LogP contribution in [-0.4, -0.2) is 41.7 Å².